The maximum absolute atomic E-state index is 13.8. The van der Waals surface area contributed by atoms with Crippen molar-refractivity contribution in [2.24, 2.45) is 5.92 Å². The van der Waals surface area contributed by atoms with Crippen molar-refractivity contribution in [2.45, 2.75) is 16.7 Å². The van der Waals surface area contributed by atoms with Crippen molar-refractivity contribution in [1.82, 2.24) is 4.98 Å². The smallest absolute Gasteiger partial charge is 0.265 e. The molecular formula is C23H13Cl4F4N3O2. The first-order chi connectivity index (χ1) is 16.9. The van der Waals surface area contributed by atoms with Crippen LogP contribution < -0.4 is 10.6 Å². The minimum Gasteiger partial charge on any atom is -0.326 e. The second-order valence-electron chi connectivity index (χ2n) is 7.83. The second kappa shape index (κ2) is 10.0. The van der Waals surface area contributed by atoms with E-state index in [9.17, 15) is 27.2 Å². The van der Waals surface area contributed by atoms with Crippen LogP contribution >= 0.6 is 46.4 Å². The predicted octanol–water partition coefficient (Wildman–Crippen LogP) is 7.38. The number of pyridine rings is 1. The molecular weight excluding hydrogens is 568 g/mol. The van der Waals surface area contributed by atoms with E-state index < -0.39 is 57.4 Å². The van der Waals surface area contributed by atoms with Gasteiger partial charge in [-0.3, -0.25) is 9.59 Å². The standard InChI is InChI=1S/C23H13Cl4F4N3O2/c24-14-3-1-9(5-12(14)19(30)31)17-18(23(17,26)27)22(36)33-11-2-4-15(25)13(7-11)21(35)34-20-16(29)6-10(28)8-32-20/h1-8,17-19H,(H,33,36)(H,32,34,35)/t17-,18+/m1/s1. The third-order valence-corrected chi connectivity index (χ3v) is 7.08. The van der Waals surface area contributed by atoms with Crippen LogP contribution in [0.2, 0.25) is 10.0 Å². The number of hydrogen-bond donors (Lipinski definition) is 2. The molecule has 1 heterocycles. The topological polar surface area (TPSA) is 71.1 Å². The first-order valence-corrected chi connectivity index (χ1v) is 11.6. The Morgan fingerprint density at radius 2 is 1.67 bits per heavy atom. The molecule has 36 heavy (non-hydrogen) atoms. The number of carbonyl (C=O) groups is 2. The number of alkyl halides is 4. The Bertz CT molecular complexity index is 1370. The number of aromatic nitrogens is 1. The van der Waals surface area contributed by atoms with E-state index in [0.29, 0.717) is 11.6 Å². The molecule has 13 heteroatoms. The molecule has 188 valence electrons. The van der Waals surface area contributed by atoms with Crippen LogP contribution in [0.25, 0.3) is 0 Å². The summed E-state index contributed by atoms with van der Waals surface area (Å²) in [7, 11) is 0. The van der Waals surface area contributed by atoms with Crippen LogP contribution in [0.4, 0.5) is 29.1 Å². The first kappa shape index (κ1) is 26.5. The van der Waals surface area contributed by atoms with Crippen LogP contribution in [-0.2, 0) is 4.79 Å². The van der Waals surface area contributed by atoms with E-state index in [2.05, 4.69) is 15.6 Å². The van der Waals surface area contributed by atoms with E-state index in [1.807, 2.05) is 0 Å². The number of anilines is 2. The van der Waals surface area contributed by atoms with Gasteiger partial charge in [0.05, 0.1) is 22.7 Å². The van der Waals surface area contributed by atoms with Gasteiger partial charge in [0, 0.05) is 28.3 Å². The molecule has 0 spiro atoms. The van der Waals surface area contributed by atoms with Gasteiger partial charge in [-0.15, -0.1) is 23.2 Å². The summed E-state index contributed by atoms with van der Waals surface area (Å²) in [5.74, 6) is -5.85. The van der Waals surface area contributed by atoms with Crippen LogP contribution in [0.15, 0.2) is 48.7 Å². The van der Waals surface area contributed by atoms with Gasteiger partial charge in [-0.05, 0) is 35.9 Å². The number of hydrogen-bond acceptors (Lipinski definition) is 3. The van der Waals surface area contributed by atoms with E-state index in [1.54, 1.807) is 0 Å². The summed E-state index contributed by atoms with van der Waals surface area (Å²) in [6.45, 7) is 0. The molecule has 3 aromatic rings. The molecule has 1 fully saturated rings. The van der Waals surface area contributed by atoms with Gasteiger partial charge in [0.25, 0.3) is 12.3 Å². The number of amides is 2. The Balaban J connectivity index is 1.52. The van der Waals surface area contributed by atoms with Crippen LogP contribution in [0.5, 0.6) is 0 Å². The van der Waals surface area contributed by atoms with Gasteiger partial charge in [0.15, 0.2) is 11.6 Å². The lowest BCUT2D eigenvalue weighted by Gasteiger charge is -2.10. The fraction of sp³-hybridized carbons (Fsp3) is 0.174. The molecule has 0 aliphatic heterocycles. The quantitative estimate of drug-likeness (QED) is 0.236. The summed E-state index contributed by atoms with van der Waals surface area (Å²) in [5.41, 5.74) is -0.120. The largest absolute Gasteiger partial charge is 0.326 e. The highest BCUT2D eigenvalue weighted by Gasteiger charge is 2.67. The molecule has 4 rings (SSSR count). The van der Waals surface area contributed by atoms with E-state index >= 15 is 0 Å². The van der Waals surface area contributed by atoms with Gasteiger partial charge >= 0.3 is 0 Å². The van der Waals surface area contributed by atoms with Crippen LogP contribution in [0, 0.1) is 17.6 Å². The summed E-state index contributed by atoms with van der Waals surface area (Å²) in [6.07, 6.45) is -2.11. The van der Waals surface area contributed by atoms with Gasteiger partial charge in [-0.2, -0.15) is 0 Å². The molecule has 0 unspecified atom stereocenters. The van der Waals surface area contributed by atoms with E-state index in [4.69, 9.17) is 46.4 Å². The van der Waals surface area contributed by atoms with Gasteiger partial charge in [0.2, 0.25) is 5.91 Å². The monoisotopic (exact) mass is 579 g/mol. The zero-order chi connectivity index (χ0) is 26.4. The van der Waals surface area contributed by atoms with Crippen molar-refractivity contribution >= 4 is 69.7 Å². The normalized spacial score (nSPS) is 18.1. The Labute approximate surface area is 221 Å². The Kier molecular flexibility index (Phi) is 7.39. The van der Waals surface area contributed by atoms with Gasteiger partial charge < -0.3 is 10.6 Å². The molecule has 1 aromatic heterocycles. The molecule has 1 saturated carbocycles. The number of benzene rings is 2. The van der Waals surface area contributed by atoms with Crippen molar-refractivity contribution in [3.63, 3.8) is 0 Å². The van der Waals surface area contributed by atoms with Crippen LogP contribution in [0.3, 0.4) is 0 Å². The summed E-state index contributed by atoms with van der Waals surface area (Å²) >= 11 is 24.5. The summed E-state index contributed by atoms with van der Waals surface area (Å²) < 4.78 is 51.8. The molecule has 0 radical (unpaired) electrons. The molecule has 1 aliphatic carbocycles. The number of rotatable bonds is 6. The van der Waals surface area contributed by atoms with Gasteiger partial charge in [-0.1, -0.05) is 29.3 Å². The zero-order valence-electron chi connectivity index (χ0n) is 17.6. The van der Waals surface area contributed by atoms with Gasteiger partial charge in [0.1, 0.15) is 10.2 Å². The molecule has 0 saturated heterocycles. The average Bonchev–Trinajstić information content (AvgIpc) is 3.39. The second-order valence-corrected chi connectivity index (χ2v) is 10.1. The molecule has 2 amide bonds. The Morgan fingerprint density at radius 3 is 2.33 bits per heavy atom. The highest BCUT2D eigenvalue weighted by atomic mass is 35.5. The van der Waals surface area contributed by atoms with Crippen molar-refractivity contribution in [1.29, 1.82) is 0 Å². The number of nitrogens with zero attached hydrogens (tertiary/aromatic N) is 1. The Morgan fingerprint density at radius 1 is 0.972 bits per heavy atom. The lowest BCUT2D eigenvalue weighted by atomic mass is 10.1. The molecule has 0 bridgehead atoms. The maximum Gasteiger partial charge on any atom is 0.265 e. The summed E-state index contributed by atoms with van der Waals surface area (Å²) in [6, 6.07) is 8.35. The zero-order valence-corrected chi connectivity index (χ0v) is 20.7. The fourth-order valence-corrected chi connectivity index (χ4v) is 4.90. The third kappa shape index (κ3) is 5.25. The van der Waals surface area contributed by atoms with Crippen molar-refractivity contribution < 1.29 is 27.2 Å². The maximum atomic E-state index is 13.8. The predicted molar refractivity (Wildman–Crippen MR) is 129 cm³/mol. The van der Waals surface area contributed by atoms with Crippen LogP contribution in [0.1, 0.15) is 33.8 Å². The minimum atomic E-state index is -2.83. The Hall–Kier alpha value is -2.59. The molecule has 5 nitrogen and oxygen atoms in total. The molecule has 1 aliphatic rings. The molecule has 2 atom stereocenters. The van der Waals surface area contributed by atoms with Crippen molar-refractivity contribution in [3.05, 3.63) is 87.0 Å². The lowest BCUT2D eigenvalue weighted by molar-refractivity contribution is -0.117. The number of carbonyl (C=O) groups excluding carboxylic acids is 2. The third-order valence-electron chi connectivity index (χ3n) is 5.47. The van der Waals surface area contributed by atoms with Crippen molar-refractivity contribution in [3.8, 4) is 0 Å². The minimum absolute atomic E-state index is 0.0259. The van der Waals surface area contributed by atoms with Gasteiger partial charge in [-0.25, -0.2) is 22.5 Å². The summed E-state index contributed by atoms with van der Waals surface area (Å²) in [4.78, 5) is 29.0. The summed E-state index contributed by atoms with van der Waals surface area (Å²) in [5, 5.41) is 4.56. The van der Waals surface area contributed by atoms with E-state index in [0.717, 1.165) is 12.3 Å². The molecule has 2 aromatic carbocycles. The number of halogens is 8. The van der Waals surface area contributed by atoms with E-state index in [1.165, 1.54) is 30.3 Å². The first-order valence-electron chi connectivity index (χ1n) is 10.1. The van der Waals surface area contributed by atoms with Crippen LogP contribution in [-0.4, -0.2) is 21.1 Å². The van der Waals surface area contributed by atoms with E-state index in [-0.39, 0.29) is 21.3 Å². The highest BCUT2D eigenvalue weighted by molar-refractivity contribution is 6.53. The SMILES string of the molecule is O=C(Nc1ncc(F)cc1F)c1cc(NC(=O)[C@@H]2[C@@H](c3ccc(Cl)c(C(F)F)c3)C2(Cl)Cl)ccc1Cl. The van der Waals surface area contributed by atoms with Crippen molar-refractivity contribution in [2.75, 3.05) is 10.6 Å². The lowest BCUT2D eigenvalue weighted by Crippen LogP contribution is -2.19. The molecule has 2 N–H and O–H groups in total. The fourth-order valence-electron chi connectivity index (χ4n) is 3.67. The average molecular weight is 581 g/mol. The number of nitrogens with one attached hydrogen (secondary N) is 2. The highest BCUT2D eigenvalue weighted by Crippen LogP contribution is 2.65.